The fourth-order valence-electron chi connectivity index (χ4n) is 3.97. The van der Waals surface area contributed by atoms with Gasteiger partial charge in [0, 0.05) is 18.1 Å². The van der Waals surface area contributed by atoms with Crippen molar-refractivity contribution in [3.05, 3.63) is 24.3 Å². The second-order valence-electron chi connectivity index (χ2n) is 5.92. The molecular formula is C17H26N2O. The largest absolute Gasteiger partial charge is 0.492 e. The van der Waals surface area contributed by atoms with Gasteiger partial charge in [0.25, 0.3) is 0 Å². The highest BCUT2D eigenvalue weighted by molar-refractivity contribution is 5.61. The van der Waals surface area contributed by atoms with Crippen molar-refractivity contribution in [3.8, 4) is 5.75 Å². The molecule has 2 fully saturated rings. The number of para-hydroxylation sites is 2. The standard InChI is InChI=1S/C17H26N2O/c1-3-18-13-11-14-9-10-15(12-13)19(14)16-7-5-6-8-17(16)20-4-2/h5-8,13-15,18H,3-4,9-12H2,1-2H3. The molecule has 2 unspecified atom stereocenters. The van der Waals surface area contributed by atoms with Gasteiger partial charge in [0.15, 0.2) is 0 Å². The van der Waals surface area contributed by atoms with Crippen molar-refractivity contribution in [3.63, 3.8) is 0 Å². The van der Waals surface area contributed by atoms with E-state index >= 15 is 0 Å². The van der Waals surface area contributed by atoms with Crippen molar-refractivity contribution < 1.29 is 4.74 Å². The molecule has 2 heterocycles. The zero-order valence-electron chi connectivity index (χ0n) is 12.6. The second-order valence-corrected chi connectivity index (χ2v) is 5.92. The first-order chi connectivity index (χ1) is 9.83. The molecule has 3 rings (SSSR count). The van der Waals surface area contributed by atoms with Crippen LogP contribution < -0.4 is 15.0 Å². The SMILES string of the molecule is CCNC1CC2CCC(C1)N2c1ccccc1OCC. The number of hydrogen-bond donors (Lipinski definition) is 1. The van der Waals surface area contributed by atoms with Crippen molar-refractivity contribution in [2.24, 2.45) is 0 Å². The summed E-state index contributed by atoms with van der Waals surface area (Å²) in [6.45, 7) is 6.08. The molecule has 0 saturated carbocycles. The Balaban J connectivity index is 1.82. The Morgan fingerprint density at radius 2 is 1.85 bits per heavy atom. The van der Waals surface area contributed by atoms with Crippen LogP contribution in [0.15, 0.2) is 24.3 Å². The van der Waals surface area contributed by atoms with Crippen molar-refractivity contribution in [1.82, 2.24) is 5.32 Å². The topological polar surface area (TPSA) is 24.5 Å². The Kier molecular flexibility index (Phi) is 4.16. The van der Waals surface area contributed by atoms with Gasteiger partial charge in [-0.2, -0.15) is 0 Å². The van der Waals surface area contributed by atoms with Gasteiger partial charge in [-0.1, -0.05) is 19.1 Å². The van der Waals surface area contributed by atoms with Crippen LogP contribution in [0.2, 0.25) is 0 Å². The van der Waals surface area contributed by atoms with Gasteiger partial charge in [0.2, 0.25) is 0 Å². The lowest BCUT2D eigenvalue weighted by molar-refractivity contribution is 0.330. The lowest BCUT2D eigenvalue weighted by Crippen LogP contribution is -2.49. The number of benzene rings is 1. The molecule has 20 heavy (non-hydrogen) atoms. The van der Waals surface area contributed by atoms with E-state index < -0.39 is 0 Å². The van der Waals surface area contributed by atoms with Gasteiger partial charge >= 0.3 is 0 Å². The van der Waals surface area contributed by atoms with Crippen molar-refractivity contribution in [2.75, 3.05) is 18.1 Å². The van der Waals surface area contributed by atoms with Crippen molar-refractivity contribution in [1.29, 1.82) is 0 Å². The molecule has 0 radical (unpaired) electrons. The molecule has 2 atom stereocenters. The van der Waals surface area contributed by atoms with Crippen LogP contribution in [-0.2, 0) is 0 Å². The van der Waals surface area contributed by atoms with Crippen LogP contribution in [0.3, 0.4) is 0 Å². The van der Waals surface area contributed by atoms with Crippen molar-refractivity contribution in [2.45, 2.75) is 57.7 Å². The molecule has 3 nitrogen and oxygen atoms in total. The normalized spacial score (nSPS) is 28.7. The minimum absolute atomic E-state index is 0.680. The molecule has 1 aromatic carbocycles. The number of nitrogens with one attached hydrogen (secondary N) is 1. The molecule has 0 aromatic heterocycles. The Labute approximate surface area is 122 Å². The third-order valence-corrected chi connectivity index (χ3v) is 4.67. The van der Waals surface area contributed by atoms with E-state index in [2.05, 4.69) is 48.3 Å². The molecule has 2 aliphatic heterocycles. The summed E-state index contributed by atoms with van der Waals surface area (Å²) in [5, 5.41) is 3.64. The predicted molar refractivity (Wildman–Crippen MR) is 83.6 cm³/mol. The van der Waals surface area contributed by atoms with Crippen LogP contribution in [0.4, 0.5) is 5.69 Å². The van der Waals surface area contributed by atoms with Crippen LogP contribution >= 0.6 is 0 Å². The third-order valence-electron chi connectivity index (χ3n) is 4.67. The fourth-order valence-corrected chi connectivity index (χ4v) is 3.97. The summed E-state index contributed by atoms with van der Waals surface area (Å²) in [5.74, 6) is 1.05. The van der Waals surface area contributed by atoms with Gasteiger partial charge in [0.1, 0.15) is 5.75 Å². The minimum atomic E-state index is 0.680. The van der Waals surface area contributed by atoms with Crippen LogP contribution in [0, 0.1) is 0 Å². The molecule has 0 amide bonds. The van der Waals surface area contributed by atoms with E-state index in [1.165, 1.54) is 31.4 Å². The average Bonchev–Trinajstić information content (AvgIpc) is 2.72. The molecular weight excluding hydrogens is 248 g/mol. The van der Waals surface area contributed by atoms with Gasteiger partial charge in [-0.25, -0.2) is 0 Å². The van der Waals surface area contributed by atoms with Crippen LogP contribution in [0.5, 0.6) is 5.75 Å². The molecule has 2 bridgehead atoms. The number of ether oxygens (including phenoxy) is 1. The smallest absolute Gasteiger partial charge is 0.142 e. The zero-order valence-corrected chi connectivity index (χ0v) is 12.6. The maximum atomic E-state index is 5.83. The van der Waals surface area contributed by atoms with E-state index in [9.17, 15) is 0 Å². The first-order valence-electron chi connectivity index (χ1n) is 8.07. The second kappa shape index (κ2) is 6.04. The quantitative estimate of drug-likeness (QED) is 0.892. The average molecular weight is 274 g/mol. The molecule has 3 heteroatoms. The van der Waals surface area contributed by atoms with Gasteiger partial charge in [-0.3, -0.25) is 0 Å². The predicted octanol–water partition coefficient (Wildman–Crippen LogP) is 3.19. The molecule has 2 saturated heterocycles. The lowest BCUT2D eigenvalue weighted by atomic mass is 9.96. The van der Waals surface area contributed by atoms with E-state index in [0.717, 1.165) is 18.9 Å². The Bertz CT molecular complexity index is 434. The number of piperidine rings is 1. The Morgan fingerprint density at radius 1 is 1.15 bits per heavy atom. The van der Waals surface area contributed by atoms with E-state index in [1.54, 1.807) is 0 Å². The van der Waals surface area contributed by atoms with E-state index in [-0.39, 0.29) is 0 Å². The molecule has 0 spiro atoms. The molecule has 1 N–H and O–H groups in total. The maximum absolute atomic E-state index is 5.83. The molecule has 1 aromatic rings. The van der Waals surface area contributed by atoms with Crippen LogP contribution in [-0.4, -0.2) is 31.3 Å². The van der Waals surface area contributed by atoms with Crippen molar-refractivity contribution >= 4 is 5.69 Å². The number of rotatable bonds is 5. The maximum Gasteiger partial charge on any atom is 0.142 e. The zero-order chi connectivity index (χ0) is 13.9. The van der Waals surface area contributed by atoms with Gasteiger partial charge in [-0.15, -0.1) is 0 Å². The summed E-state index contributed by atoms with van der Waals surface area (Å²) in [6, 6.07) is 10.6. The number of fused-ring (bicyclic) bond motifs is 2. The number of anilines is 1. The van der Waals surface area contributed by atoms with Gasteiger partial charge < -0.3 is 15.0 Å². The van der Waals surface area contributed by atoms with Gasteiger partial charge in [-0.05, 0) is 51.3 Å². The Hall–Kier alpha value is -1.22. The lowest BCUT2D eigenvalue weighted by Gasteiger charge is -2.41. The minimum Gasteiger partial charge on any atom is -0.492 e. The number of nitrogens with zero attached hydrogens (tertiary/aromatic N) is 1. The molecule has 2 aliphatic rings. The van der Waals surface area contributed by atoms with Crippen LogP contribution in [0.1, 0.15) is 39.5 Å². The fraction of sp³-hybridized carbons (Fsp3) is 0.647. The summed E-state index contributed by atoms with van der Waals surface area (Å²) in [4.78, 5) is 2.64. The summed E-state index contributed by atoms with van der Waals surface area (Å²) in [7, 11) is 0. The van der Waals surface area contributed by atoms with Crippen LogP contribution in [0.25, 0.3) is 0 Å². The summed E-state index contributed by atoms with van der Waals surface area (Å²) in [6.07, 6.45) is 5.19. The molecule has 0 aliphatic carbocycles. The monoisotopic (exact) mass is 274 g/mol. The highest BCUT2D eigenvalue weighted by Gasteiger charge is 2.41. The number of hydrogen-bond acceptors (Lipinski definition) is 3. The van der Waals surface area contributed by atoms with E-state index in [1.807, 2.05) is 0 Å². The first-order valence-corrected chi connectivity index (χ1v) is 8.07. The third kappa shape index (κ3) is 2.51. The highest BCUT2D eigenvalue weighted by Crippen LogP contribution is 2.42. The van der Waals surface area contributed by atoms with E-state index in [0.29, 0.717) is 18.1 Å². The molecule has 110 valence electrons. The Morgan fingerprint density at radius 3 is 2.50 bits per heavy atom. The summed E-state index contributed by atoms with van der Waals surface area (Å²) >= 11 is 0. The first kappa shape index (κ1) is 13.7. The highest BCUT2D eigenvalue weighted by atomic mass is 16.5. The summed E-state index contributed by atoms with van der Waals surface area (Å²) in [5.41, 5.74) is 1.30. The van der Waals surface area contributed by atoms with E-state index in [4.69, 9.17) is 4.74 Å². The summed E-state index contributed by atoms with van der Waals surface area (Å²) < 4.78 is 5.83. The van der Waals surface area contributed by atoms with Gasteiger partial charge in [0.05, 0.1) is 12.3 Å².